The molecule has 86 valence electrons. The van der Waals surface area contributed by atoms with Crippen LogP contribution in [0.15, 0.2) is 0 Å². The average molecular weight is 201 g/mol. The Balaban J connectivity index is 4.21. The first-order chi connectivity index (χ1) is 6.52. The molecule has 0 aliphatic heterocycles. The maximum atomic E-state index is 5.88. The van der Waals surface area contributed by atoms with Gasteiger partial charge in [-0.3, -0.25) is 4.90 Å². The summed E-state index contributed by atoms with van der Waals surface area (Å²) in [6.07, 6.45) is 2.26. The topological polar surface area (TPSA) is 32.5 Å². The first kappa shape index (κ1) is 13.9. The van der Waals surface area contributed by atoms with Crippen LogP contribution in [-0.2, 0) is 0 Å². The van der Waals surface area contributed by atoms with Gasteiger partial charge in [-0.1, -0.05) is 13.8 Å². The van der Waals surface area contributed by atoms with Crippen molar-refractivity contribution in [3.05, 3.63) is 0 Å². The highest BCUT2D eigenvalue weighted by Crippen LogP contribution is 2.20. The molecule has 0 aromatic carbocycles. The van der Waals surface area contributed by atoms with Gasteiger partial charge in [0.05, 0.1) is 0 Å². The molecular weight excluding hydrogens is 174 g/mol. The third-order valence-corrected chi connectivity index (χ3v) is 3.39. The van der Waals surface area contributed by atoms with E-state index in [1.807, 2.05) is 0 Å². The lowest BCUT2D eigenvalue weighted by Gasteiger charge is -2.40. The fourth-order valence-electron chi connectivity index (χ4n) is 1.82. The van der Waals surface area contributed by atoms with Crippen LogP contribution in [0.4, 0.5) is 0 Å². The average Bonchev–Trinajstić information content (AvgIpc) is 2.18. The SMILES string of the molecule is CCC(CC)(CN)N(C)CCN(C)C. The Kier molecular flexibility index (Phi) is 6.33. The first-order valence-electron chi connectivity index (χ1n) is 5.58. The van der Waals surface area contributed by atoms with Gasteiger partial charge in [0.15, 0.2) is 0 Å². The van der Waals surface area contributed by atoms with Crippen molar-refractivity contribution in [1.82, 2.24) is 9.80 Å². The molecule has 3 nitrogen and oxygen atoms in total. The summed E-state index contributed by atoms with van der Waals surface area (Å²) in [5, 5.41) is 0. The Bertz CT molecular complexity index is 133. The van der Waals surface area contributed by atoms with E-state index in [0.717, 1.165) is 32.5 Å². The van der Waals surface area contributed by atoms with Crippen LogP contribution in [0.1, 0.15) is 26.7 Å². The number of hydrogen-bond acceptors (Lipinski definition) is 3. The maximum Gasteiger partial charge on any atom is 0.0324 e. The van der Waals surface area contributed by atoms with Crippen LogP contribution in [-0.4, -0.2) is 56.1 Å². The standard InChI is InChI=1S/C11H27N3/c1-6-11(7-2,10-12)14(5)9-8-13(3)4/h6-10,12H2,1-5H3. The van der Waals surface area contributed by atoms with Crippen LogP contribution in [0.3, 0.4) is 0 Å². The highest BCUT2D eigenvalue weighted by atomic mass is 15.2. The Labute approximate surface area is 89.2 Å². The molecule has 0 aliphatic carbocycles. The van der Waals surface area contributed by atoms with Crippen molar-refractivity contribution in [2.75, 3.05) is 40.8 Å². The van der Waals surface area contributed by atoms with Crippen molar-refractivity contribution in [3.63, 3.8) is 0 Å². The van der Waals surface area contributed by atoms with Crippen LogP contribution >= 0.6 is 0 Å². The quantitative estimate of drug-likeness (QED) is 0.667. The zero-order valence-electron chi connectivity index (χ0n) is 10.5. The summed E-state index contributed by atoms with van der Waals surface area (Å²) in [5.41, 5.74) is 6.09. The lowest BCUT2D eigenvalue weighted by atomic mass is 9.91. The van der Waals surface area contributed by atoms with E-state index < -0.39 is 0 Å². The van der Waals surface area contributed by atoms with Gasteiger partial charge in [0.2, 0.25) is 0 Å². The lowest BCUT2D eigenvalue weighted by Crippen LogP contribution is -2.52. The van der Waals surface area contributed by atoms with Crippen molar-refractivity contribution < 1.29 is 0 Å². The van der Waals surface area contributed by atoms with E-state index in [0.29, 0.717) is 0 Å². The van der Waals surface area contributed by atoms with Gasteiger partial charge < -0.3 is 10.6 Å². The van der Waals surface area contributed by atoms with E-state index in [-0.39, 0.29) is 5.54 Å². The zero-order valence-corrected chi connectivity index (χ0v) is 10.5. The minimum atomic E-state index is 0.204. The zero-order chi connectivity index (χ0) is 11.2. The molecule has 0 heterocycles. The second-order valence-corrected chi connectivity index (χ2v) is 4.36. The summed E-state index contributed by atoms with van der Waals surface area (Å²) < 4.78 is 0. The van der Waals surface area contributed by atoms with Crippen molar-refractivity contribution >= 4 is 0 Å². The summed E-state index contributed by atoms with van der Waals surface area (Å²) in [4.78, 5) is 4.62. The fourth-order valence-corrected chi connectivity index (χ4v) is 1.82. The summed E-state index contributed by atoms with van der Waals surface area (Å²) in [7, 11) is 6.40. The van der Waals surface area contributed by atoms with Crippen molar-refractivity contribution in [1.29, 1.82) is 0 Å². The minimum absolute atomic E-state index is 0.204. The molecular formula is C11H27N3. The summed E-state index contributed by atoms with van der Waals surface area (Å²) in [6, 6.07) is 0. The predicted molar refractivity (Wildman–Crippen MR) is 63.6 cm³/mol. The third-order valence-electron chi connectivity index (χ3n) is 3.39. The van der Waals surface area contributed by atoms with Crippen LogP contribution in [0.2, 0.25) is 0 Å². The number of nitrogens with two attached hydrogens (primary N) is 1. The van der Waals surface area contributed by atoms with Crippen LogP contribution < -0.4 is 5.73 Å². The molecule has 0 bridgehead atoms. The van der Waals surface area contributed by atoms with Gasteiger partial charge >= 0.3 is 0 Å². The van der Waals surface area contributed by atoms with Gasteiger partial charge in [-0.15, -0.1) is 0 Å². The highest BCUT2D eigenvalue weighted by molar-refractivity contribution is 4.87. The fraction of sp³-hybridized carbons (Fsp3) is 1.00. The molecule has 0 atom stereocenters. The first-order valence-corrected chi connectivity index (χ1v) is 5.58. The van der Waals surface area contributed by atoms with Crippen molar-refractivity contribution in [3.8, 4) is 0 Å². The summed E-state index contributed by atoms with van der Waals surface area (Å²) in [5.74, 6) is 0. The predicted octanol–water partition coefficient (Wildman–Crippen LogP) is 0.997. The van der Waals surface area contributed by atoms with Gasteiger partial charge in [0.1, 0.15) is 0 Å². The number of likely N-dealkylation sites (N-methyl/N-ethyl adjacent to an activating group) is 2. The summed E-state index contributed by atoms with van der Waals surface area (Å²) >= 11 is 0. The van der Waals surface area contributed by atoms with Gasteiger partial charge in [-0.25, -0.2) is 0 Å². The molecule has 0 aromatic heterocycles. The molecule has 0 aromatic rings. The Morgan fingerprint density at radius 1 is 1.00 bits per heavy atom. The Morgan fingerprint density at radius 2 is 1.50 bits per heavy atom. The molecule has 0 amide bonds. The van der Waals surface area contributed by atoms with E-state index in [9.17, 15) is 0 Å². The van der Waals surface area contributed by atoms with E-state index in [2.05, 4.69) is 44.8 Å². The number of hydrogen-bond donors (Lipinski definition) is 1. The van der Waals surface area contributed by atoms with E-state index in [4.69, 9.17) is 5.73 Å². The Hall–Kier alpha value is -0.120. The molecule has 0 saturated heterocycles. The number of rotatable bonds is 7. The van der Waals surface area contributed by atoms with Crippen molar-refractivity contribution in [2.24, 2.45) is 5.73 Å². The number of nitrogens with zero attached hydrogens (tertiary/aromatic N) is 2. The van der Waals surface area contributed by atoms with Gasteiger partial charge in [-0.05, 0) is 34.0 Å². The molecule has 0 fully saturated rings. The van der Waals surface area contributed by atoms with Crippen molar-refractivity contribution in [2.45, 2.75) is 32.2 Å². The second-order valence-electron chi connectivity index (χ2n) is 4.36. The largest absolute Gasteiger partial charge is 0.329 e. The highest BCUT2D eigenvalue weighted by Gasteiger charge is 2.28. The molecule has 2 N–H and O–H groups in total. The molecule has 14 heavy (non-hydrogen) atoms. The van der Waals surface area contributed by atoms with Gasteiger partial charge in [0.25, 0.3) is 0 Å². The summed E-state index contributed by atoms with van der Waals surface area (Å²) in [6.45, 7) is 7.39. The minimum Gasteiger partial charge on any atom is -0.329 e. The van der Waals surface area contributed by atoms with E-state index >= 15 is 0 Å². The van der Waals surface area contributed by atoms with E-state index in [1.54, 1.807) is 0 Å². The van der Waals surface area contributed by atoms with E-state index in [1.165, 1.54) is 0 Å². The smallest absolute Gasteiger partial charge is 0.0324 e. The normalized spacial score (nSPS) is 12.9. The monoisotopic (exact) mass is 201 g/mol. The van der Waals surface area contributed by atoms with Gasteiger partial charge in [0, 0.05) is 25.2 Å². The Morgan fingerprint density at radius 3 is 1.79 bits per heavy atom. The van der Waals surface area contributed by atoms with Crippen LogP contribution in [0.5, 0.6) is 0 Å². The molecule has 0 unspecified atom stereocenters. The lowest BCUT2D eigenvalue weighted by molar-refractivity contribution is 0.107. The second kappa shape index (κ2) is 6.38. The maximum absolute atomic E-state index is 5.88. The van der Waals surface area contributed by atoms with Crippen LogP contribution in [0, 0.1) is 0 Å². The third kappa shape index (κ3) is 3.56. The molecule has 3 heteroatoms. The molecule has 0 saturated carbocycles. The molecule has 0 spiro atoms. The molecule has 0 rings (SSSR count). The molecule has 0 radical (unpaired) electrons. The van der Waals surface area contributed by atoms with Gasteiger partial charge in [-0.2, -0.15) is 0 Å². The molecule has 0 aliphatic rings. The van der Waals surface area contributed by atoms with Crippen LogP contribution in [0.25, 0.3) is 0 Å².